The van der Waals surface area contributed by atoms with Crippen LogP contribution in [0, 0.1) is 5.41 Å². The molecule has 2 N–H and O–H groups in total. The summed E-state index contributed by atoms with van der Waals surface area (Å²) in [5.41, 5.74) is 0.286. The Balaban J connectivity index is 2.32. The number of nitrogens with one attached hydrogen (secondary N) is 1. The van der Waals surface area contributed by atoms with Crippen LogP contribution in [-0.2, 0) is 0 Å². The molecule has 4 heteroatoms. The first-order valence-electron chi connectivity index (χ1n) is 5.86. The van der Waals surface area contributed by atoms with Crippen LogP contribution >= 0.6 is 0 Å². The second kappa shape index (κ2) is 5.89. The molecular formula is C12H22N2O2. The van der Waals surface area contributed by atoms with Gasteiger partial charge in [-0.15, -0.1) is 6.58 Å². The van der Waals surface area contributed by atoms with Gasteiger partial charge in [-0.2, -0.15) is 0 Å². The second-order valence-electron chi connectivity index (χ2n) is 4.78. The Labute approximate surface area is 97.3 Å². The SMILES string of the molecule is C=CCN(CCO)C(=O)NCC1(C)CCC1. The van der Waals surface area contributed by atoms with Crippen molar-refractivity contribution in [2.45, 2.75) is 26.2 Å². The zero-order valence-corrected chi connectivity index (χ0v) is 10.0. The van der Waals surface area contributed by atoms with Gasteiger partial charge in [0.1, 0.15) is 0 Å². The van der Waals surface area contributed by atoms with E-state index in [0.717, 1.165) is 6.54 Å². The molecule has 0 saturated heterocycles. The van der Waals surface area contributed by atoms with Gasteiger partial charge in [-0.05, 0) is 18.3 Å². The summed E-state index contributed by atoms with van der Waals surface area (Å²) in [5, 5.41) is 11.8. The van der Waals surface area contributed by atoms with Crippen molar-refractivity contribution >= 4 is 6.03 Å². The highest BCUT2D eigenvalue weighted by Crippen LogP contribution is 2.39. The predicted molar refractivity (Wildman–Crippen MR) is 64.2 cm³/mol. The Morgan fingerprint density at radius 3 is 2.75 bits per heavy atom. The van der Waals surface area contributed by atoms with E-state index in [1.165, 1.54) is 19.3 Å². The summed E-state index contributed by atoms with van der Waals surface area (Å²) in [6.45, 7) is 7.34. The minimum atomic E-state index is -0.109. The van der Waals surface area contributed by atoms with Gasteiger partial charge in [0, 0.05) is 19.6 Å². The van der Waals surface area contributed by atoms with Crippen LogP contribution < -0.4 is 5.32 Å². The lowest BCUT2D eigenvalue weighted by Gasteiger charge is -2.38. The van der Waals surface area contributed by atoms with Gasteiger partial charge in [0.2, 0.25) is 0 Å². The minimum Gasteiger partial charge on any atom is -0.395 e. The van der Waals surface area contributed by atoms with Crippen LogP contribution in [0.3, 0.4) is 0 Å². The Bertz CT molecular complexity index is 249. The van der Waals surface area contributed by atoms with Gasteiger partial charge in [0.15, 0.2) is 0 Å². The van der Waals surface area contributed by atoms with Crippen molar-refractivity contribution < 1.29 is 9.90 Å². The first-order chi connectivity index (χ1) is 7.61. The van der Waals surface area contributed by atoms with Crippen LogP contribution in [0.1, 0.15) is 26.2 Å². The molecule has 0 heterocycles. The number of rotatable bonds is 6. The third kappa shape index (κ3) is 3.52. The maximum atomic E-state index is 11.8. The molecular weight excluding hydrogens is 204 g/mol. The summed E-state index contributed by atoms with van der Waals surface area (Å²) in [7, 11) is 0. The quantitative estimate of drug-likeness (QED) is 0.672. The van der Waals surface area contributed by atoms with E-state index in [4.69, 9.17) is 5.11 Å². The zero-order valence-electron chi connectivity index (χ0n) is 10.0. The summed E-state index contributed by atoms with van der Waals surface area (Å²) in [4.78, 5) is 13.3. The molecule has 0 aliphatic heterocycles. The molecule has 1 aliphatic carbocycles. The number of aliphatic hydroxyl groups excluding tert-OH is 1. The normalized spacial score (nSPS) is 17.4. The molecule has 0 radical (unpaired) electrons. The van der Waals surface area contributed by atoms with Crippen molar-refractivity contribution in [3.05, 3.63) is 12.7 Å². The maximum Gasteiger partial charge on any atom is 0.317 e. The van der Waals surface area contributed by atoms with Crippen LogP contribution in [0.4, 0.5) is 4.79 Å². The van der Waals surface area contributed by atoms with Gasteiger partial charge >= 0.3 is 6.03 Å². The van der Waals surface area contributed by atoms with Crippen LogP contribution in [0.15, 0.2) is 12.7 Å². The Morgan fingerprint density at radius 2 is 2.31 bits per heavy atom. The molecule has 1 saturated carbocycles. The Hall–Kier alpha value is -1.03. The van der Waals surface area contributed by atoms with Gasteiger partial charge < -0.3 is 15.3 Å². The van der Waals surface area contributed by atoms with Crippen molar-refractivity contribution in [3.63, 3.8) is 0 Å². The number of aliphatic hydroxyl groups is 1. The lowest BCUT2D eigenvalue weighted by molar-refractivity contribution is 0.144. The van der Waals surface area contributed by atoms with E-state index in [0.29, 0.717) is 13.1 Å². The van der Waals surface area contributed by atoms with Gasteiger partial charge in [-0.1, -0.05) is 19.4 Å². The fourth-order valence-electron chi connectivity index (χ4n) is 1.91. The lowest BCUT2D eigenvalue weighted by Crippen LogP contribution is -2.46. The van der Waals surface area contributed by atoms with Gasteiger partial charge in [0.05, 0.1) is 6.61 Å². The molecule has 92 valence electrons. The summed E-state index contributed by atoms with van der Waals surface area (Å²) in [5.74, 6) is 0. The fourth-order valence-corrected chi connectivity index (χ4v) is 1.91. The zero-order chi connectivity index (χ0) is 12.0. The number of carbonyl (C=O) groups excluding carboxylic acids is 1. The third-order valence-corrected chi connectivity index (χ3v) is 3.23. The van der Waals surface area contributed by atoms with Crippen molar-refractivity contribution in [1.29, 1.82) is 0 Å². The van der Waals surface area contributed by atoms with Crippen molar-refractivity contribution in [2.75, 3.05) is 26.2 Å². The van der Waals surface area contributed by atoms with E-state index < -0.39 is 0 Å². The van der Waals surface area contributed by atoms with E-state index in [9.17, 15) is 4.79 Å². The molecule has 0 aromatic heterocycles. The topological polar surface area (TPSA) is 52.6 Å². The number of hydrogen-bond donors (Lipinski definition) is 2. The first kappa shape index (κ1) is 13.0. The van der Waals surface area contributed by atoms with E-state index in [1.54, 1.807) is 11.0 Å². The summed E-state index contributed by atoms with van der Waals surface area (Å²) in [6.07, 6.45) is 5.31. The number of hydrogen-bond acceptors (Lipinski definition) is 2. The average Bonchev–Trinajstić information content (AvgIpc) is 2.23. The maximum absolute atomic E-state index is 11.8. The molecule has 0 spiro atoms. The standard InChI is InChI=1S/C12H22N2O2/c1-3-7-14(8-9-15)11(16)13-10-12(2)5-4-6-12/h3,15H,1,4-10H2,2H3,(H,13,16). The molecule has 0 aromatic carbocycles. The molecule has 2 amide bonds. The molecule has 0 unspecified atom stereocenters. The van der Waals surface area contributed by atoms with Crippen molar-refractivity contribution in [2.24, 2.45) is 5.41 Å². The number of amides is 2. The van der Waals surface area contributed by atoms with Gasteiger partial charge in [-0.25, -0.2) is 4.79 Å². The lowest BCUT2D eigenvalue weighted by atomic mass is 9.70. The summed E-state index contributed by atoms with van der Waals surface area (Å²) in [6, 6.07) is -0.109. The van der Waals surface area contributed by atoms with Gasteiger partial charge in [0.25, 0.3) is 0 Å². The average molecular weight is 226 g/mol. The molecule has 0 aromatic rings. The molecule has 1 rings (SSSR count). The van der Waals surface area contributed by atoms with E-state index >= 15 is 0 Å². The van der Waals surface area contributed by atoms with Crippen LogP contribution in [0.2, 0.25) is 0 Å². The molecule has 0 bridgehead atoms. The summed E-state index contributed by atoms with van der Waals surface area (Å²) < 4.78 is 0. The summed E-state index contributed by atoms with van der Waals surface area (Å²) >= 11 is 0. The van der Waals surface area contributed by atoms with Gasteiger partial charge in [-0.3, -0.25) is 0 Å². The molecule has 16 heavy (non-hydrogen) atoms. The van der Waals surface area contributed by atoms with Crippen molar-refractivity contribution in [3.8, 4) is 0 Å². The monoisotopic (exact) mass is 226 g/mol. The van der Waals surface area contributed by atoms with E-state index in [-0.39, 0.29) is 18.1 Å². The van der Waals surface area contributed by atoms with Crippen LogP contribution in [-0.4, -0.2) is 42.3 Å². The van der Waals surface area contributed by atoms with E-state index in [1.807, 2.05) is 0 Å². The molecule has 1 fully saturated rings. The third-order valence-electron chi connectivity index (χ3n) is 3.23. The highest BCUT2D eigenvalue weighted by atomic mass is 16.3. The van der Waals surface area contributed by atoms with Crippen LogP contribution in [0.5, 0.6) is 0 Å². The van der Waals surface area contributed by atoms with E-state index in [2.05, 4.69) is 18.8 Å². The highest BCUT2D eigenvalue weighted by molar-refractivity contribution is 5.74. The fraction of sp³-hybridized carbons (Fsp3) is 0.750. The Kier molecular flexibility index (Phi) is 4.80. The first-order valence-corrected chi connectivity index (χ1v) is 5.86. The number of carbonyl (C=O) groups is 1. The Morgan fingerprint density at radius 1 is 1.62 bits per heavy atom. The highest BCUT2D eigenvalue weighted by Gasteiger charge is 2.32. The van der Waals surface area contributed by atoms with Crippen molar-refractivity contribution in [1.82, 2.24) is 10.2 Å². The predicted octanol–water partition coefficient (Wildman–Crippen LogP) is 1.37. The number of urea groups is 1. The largest absolute Gasteiger partial charge is 0.395 e. The molecule has 1 aliphatic rings. The molecule has 0 atom stereocenters. The smallest absolute Gasteiger partial charge is 0.317 e. The number of nitrogens with zero attached hydrogens (tertiary/aromatic N) is 1. The second-order valence-corrected chi connectivity index (χ2v) is 4.78. The molecule has 4 nitrogen and oxygen atoms in total. The minimum absolute atomic E-state index is 0.0153. The van der Waals surface area contributed by atoms with Crippen LogP contribution in [0.25, 0.3) is 0 Å².